The summed E-state index contributed by atoms with van der Waals surface area (Å²) in [4.78, 5) is 47.0. The van der Waals surface area contributed by atoms with Crippen LogP contribution in [0.2, 0.25) is 0 Å². The number of aliphatic imine (C=N–C) groups is 1. The quantitative estimate of drug-likeness (QED) is 0.202. The first kappa shape index (κ1) is 25.7. The van der Waals surface area contributed by atoms with Crippen molar-refractivity contribution in [2.75, 3.05) is 33.1 Å². The number of amides is 1. The smallest absolute Gasteiger partial charge is 0.252 e. The number of nitrogens with two attached hydrogens (primary N) is 1. The number of fused-ring (bicyclic) bond motifs is 3. The summed E-state index contributed by atoms with van der Waals surface area (Å²) < 4.78 is 0. The minimum atomic E-state index is -2.60. The van der Waals surface area contributed by atoms with Gasteiger partial charge in [0.25, 0.3) is 5.91 Å². The first-order chi connectivity index (χ1) is 16.8. The second-order valence-electron chi connectivity index (χ2n) is 9.98. The lowest BCUT2D eigenvalue weighted by Crippen LogP contribution is -2.66. The molecule has 1 amide bonds. The number of anilines is 1. The lowest BCUT2D eigenvalue weighted by molar-refractivity contribution is -0.160. The van der Waals surface area contributed by atoms with E-state index in [1.165, 1.54) is 0 Å². The maximum absolute atomic E-state index is 13.9. The summed E-state index contributed by atoms with van der Waals surface area (Å²) in [6, 6.07) is 0.996. The van der Waals surface area contributed by atoms with Crippen LogP contribution in [0.1, 0.15) is 24.5 Å². The van der Waals surface area contributed by atoms with E-state index in [9.17, 15) is 29.7 Å². The molecule has 0 bridgehead atoms. The second kappa shape index (κ2) is 8.63. The molecule has 0 radical (unpaired) electrons. The number of aliphatic hydroxyl groups is 2. The lowest BCUT2D eigenvalue weighted by atomic mass is 9.56. The van der Waals surface area contributed by atoms with E-state index >= 15 is 0 Å². The van der Waals surface area contributed by atoms with E-state index in [1.807, 2.05) is 0 Å². The van der Waals surface area contributed by atoms with Crippen molar-refractivity contribution in [3.63, 3.8) is 0 Å². The fraction of sp³-hybridized carbons (Fsp3) is 0.440. The molecule has 0 aliphatic heterocycles. The van der Waals surface area contributed by atoms with Crippen molar-refractivity contribution < 1.29 is 29.7 Å². The van der Waals surface area contributed by atoms with Gasteiger partial charge in [-0.25, -0.2) is 0 Å². The zero-order valence-corrected chi connectivity index (χ0v) is 21.4. The summed E-state index contributed by atoms with van der Waals surface area (Å²) in [6.45, 7) is 1.60. The van der Waals surface area contributed by atoms with Gasteiger partial charge in [-0.2, -0.15) is 4.99 Å². The number of likely N-dealkylation sites (N-methyl/N-ethyl adjacent to an activating group) is 1. The highest BCUT2D eigenvalue weighted by Gasteiger charge is 2.64. The predicted octanol–water partition coefficient (Wildman–Crippen LogP) is 1.27. The third kappa shape index (κ3) is 3.35. The van der Waals surface area contributed by atoms with Crippen LogP contribution in [0, 0.1) is 11.8 Å². The first-order valence-electron chi connectivity index (χ1n) is 11.3. The Morgan fingerprint density at radius 3 is 2.39 bits per heavy atom. The third-order valence-corrected chi connectivity index (χ3v) is 7.71. The fourth-order valence-electron chi connectivity index (χ4n) is 6.20. The molecule has 10 nitrogen and oxygen atoms in total. The number of isothiocyanates is 1. The maximum Gasteiger partial charge on any atom is 0.252 e. The number of ketones is 2. The zero-order chi connectivity index (χ0) is 26.9. The molecule has 0 aromatic heterocycles. The molecule has 0 heterocycles. The molecule has 1 aromatic rings. The molecule has 3 aliphatic carbocycles. The molecule has 36 heavy (non-hydrogen) atoms. The third-order valence-electron chi connectivity index (χ3n) is 7.62. The van der Waals surface area contributed by atoms with Crippen molar-refractivity contribution in [1.29, 1.82) is 0 Å². The number of thiocarbonyl (C=S) groups is 1. The highest BCUT2D eigenvalue weighted by atomic mass is 32.1. The SMILES string of the molecule is CC1=C(C(N)=O)C(=O)[C@@]2(O)C(=O)C3=C(O)c4c(O)c(N=C=S)cc(N(C)C)c4C[C@H]3C[C@H]2[C@@H]1N(C)C. The summed E-state index contributed by atoms with van der Waals surface area (Å²) in [6.07, 6.45) is 0.433. The van der Waals surface area contributed by atoms with Gasteiger partial charge in [0, 0.05) is 37.3 Å². The van der Waals surface area contributed by atoms with E-state index in [-0.39, 0.29) is 29.7 Å². The van der Waals surface area contributed by atoms with E-state index in [0.29, 0.717) is 16.8 Å². The summed E-state index contributed by atoms with van der Waals surface area (Å²) >= 11 is 4.68. The number of benzene rings is 1. The number of Topliss-reactive ketones (excluding diaryl/α,β-unsaturated/α-hetero) is 2. The van der Waals surface area contributed by atoms with Crippen molar-refractivity contribution >= 4 is 52.0 Å². The Labute approximate surface area is 213 Å². The number of phenolic OH excluding ortho intramolecular Hbond substituents is 1. The van der Waals surface area contributed by atoms with Crippen LogP contribution in [0.5, 0.6) is 5.75 Å². The molecule has 1 fully saturated rings. The second-order valence-corrected chi connectivity index (χ2v) is 10.2. The van der Waals surface area contributed by atoms with Gasteiger partial charge < -0.3 is 30.9 Å². The number of primary amides is 1. The Morgan fingerprint density at radius 2 is 1.86 bits per heavy atom. The molecular formula is C25H28N4O6S. The minimum Gasteiger partial charge on any atom is -0.507 e. The van der Waals surface area contributed by atoms with Crippen LogP contribution in [0.25, 0.3) is 5.76 Å². The van der Waals surface area contributed by atoms with Gasteiger partial charge in [-0.15, -0.1) is 0 Å². The van der Waals surface area contributed by atoms with Crippen LogP contribution in [0.15, 0.2) is 27.8 Å². The molecule has 4 atom stereocenters. The Bertz CT molecular complexity index is 1340. The van der Waals surface area contributed by atoms with E-state index < -0.39 is 58.0 Å². The van der Waals surface area contributed by atoms with Gasteiger partial charge in [0.1, 0.15) is 11.4 Å². The molecule has 5 N–H and O–H groups in total. The Balaban J connectivity index is 2.01. The van der Waals surface area contributed by atoms with Gasteiger partial charge >= 0.3 is 0 Å². The summed E-state index contributed by atoms with van der Waals surface area (Å²) in [5.74, 6) is -5.46. The normalized spacial score (nSPS) is 27.4. The number of aliphatic hydroxyl groups excluding tert-OH is 1. The molecule has 11 heteroatoms. The molecular weight excluding hydrogens is 484 g/mol. The largest absolute Gasteiger partial charge is 0.507 e. The lowest BCUT2D eigenvalue weighted by Gasteiger charge is -2.51. The van der Waals surface area contributed by atoms with E-state index in [0.717, 1.165) is 0 Å². The van der Waals surface area contributed by atoms with Gasteiger partial charge in [0.05, 0.1) is 16.3 Å². The van der Waals surface area contributed by atoms with Crippen LogP contribution in [-0.4, -0.2) is 82.7 Å². The Hall–Kier alpha value is -3.37. The first-order valence-corrected chi connectivity index (χ1v) is 11.8. The molecule has 1 saturated carbocycles. The summed E-state index contributed by atoms with van der Waals surface area (Å²) in [5, 5.41) is 36.2. The molecule has 0 unspecified atom stereocenters. The average Bonchev–Trinajstić information content (AvgIpc) is 2.77. The number of nitrogens with zero attached hydrogens (tertiary/aromatic N) is 3. The number of hydrogen-bond donors (Lipinski definition) is 4. The highest BCUT2D eigenvalue weighted by Crippen LogP contribution is 2.54. The van der Waals surface area contributed by atoms with Crippen molar-refractivity contribution in [2.45, 2.75) is 31.4 Å². The van der Waals surface area contributed by atoms with Gasteiger partial charge in [0.2, 0.25) is 11.6 Å². The monoisotopic (exact) mass is 512 g/mol. The predicted molar refractivity (Wildman–Crippen MR) is 136 cm³/mol. The van der Waals surface area contributed by atoms with E-state index in [2.05, 4.69) is 22.4 Å². The van der Waals surface area contributed by atoms with Crippen LogP contribution in [0.4, 0.5) is 11.4 Å². The van der Waals surface area contributed by atoms with Gasteiger partial charge in [-0.1, -0.05) is 0 Å². The average molecular weight is 513 g/mol. The standard InChI is InChI=1S/C25H28N4O6S/c1-10-16(24(26)34)22(32)25(35)13(19(10)29(4)5)7-11-6-12-15(28(2)3)8-14(27-9-36)20(30)18(12)21(31)17(11)23(25)33/h8,11,13,19,30-31,35H,6-7H2,1-5H3,(H2,26,34)/t11-,13-,19+,25+/m0/s1. The van der Waals surface area contributed by atoms with Crippen molar-refractivity contribution in [2.24, 2.45) is 22.6 Å². The Morgan fingerprint density at radius 1 is 1.22 bits per heavy atom. The van der Waals surface area contributed by atoms with E-state index in [1.54, 1.807) is 51.0 Å². The number of carbonyl (C=O) groups excluding carboxylic acids is 3. The van der Waals surface area contributed by atoms with Gasteiger partial charge in [-0.05, 0) is 69.2 Å². The molecule has 0 spiro atoms. The molecule has 0 saturated heterocycles. The highest BCUT2D eigenvalue weighted by molar-refractivity contribution is 7.78. The van der Waals surface area contributed by atoms with Crippen LogP contribution in [0.3, 0.4) is 0 Å². The maximum atomic E-state index is 13.9. The Kier molecular flexibility index (Phi) is 6.17. The molecule has 1 aromatic carbocycles. The zero-order valence-electron chi connectivity index (χ0n) is 20.6. The number of rotatable bonds is 4. The van der Waals surface area contributed by atoms with Crippen LogP contribution < -0.4 is 10.6 Å². The number of phenols is 1. The van der Waals surface area contributed by atoms with E-state index in [4.69, 9.17) is 5.73 Å². The number of aromatic hydroxyl groups is 1. The number of hydrogen-bond acceptors (Lipinski definition) is 10. The van der Waals surface area contributed by atoms with Crippen molar-refractivity contribution in [3.8, 4) is 5.75 Å². The summed E-state index contributed by atoms with van der Waals surface area (Å²) in [7, 11) is 7.04. The number of carbonyl (C=O) groups is 3. The van der Waals surface area contributed by atoms with Crippen LogP contribution in [-0.2, 0) is 20.8 Å². The molecule has 3 aliphatic rings. The van der Waals surface area contributed by atoms with Crippen molar-refractivity contribution in [1.82, 2.24) is 4.90 Å². The van der Waals surface area contributed by atoms with Gasteiger partial charge in [0.15, 0.2) is 11.4 Å². The summed E-state index contributed by atoms with van der Waals surface area (Å²) in [5.41, 5.74) is 3.99. The fourth-order valence-corrected chi connectivity index (χ4v) is 6.30. The van der Waals surface area contributed by atoms with Gasteiger partial charge in [-0.3, -0.25) is 14.4 Å². The van der Waals surface area contributed by atoms with Crippen molar-refractivity contribution in [3.05, 3.63) is 33.9 Å². The topological polar surface area (TPSA) is 157 Å². The molecule has 190 valence electrons. The minimum absolute atomic E-state index is 0.0129. The van der Waals surface area contributed by atoms with Crippen LogP contribution >= 0.6 is 12.2 Å². The molecule has 4 rings (SSSR count).